The first-order chi connectivity index (χ1) is 12.1. The lowest BCUT2D eigenvalue weighted by atomic mass is 10.0. The topological polar surface area (TPSA) is 36.0 Å². The van der Waals surface area contributed by atoms with Gasteiger partial charge in [0.25, 0.3) is 0 Å². The highest BCUT2D eigenvalue weighted by Gasteiger charge is 2.34. The molecule has 0 aliphatic carbocycles. The average Bonchev–Trinajstić information content (AvgIpc) is 2.82. The zero-order chi connectivity index (χ0) is 17.6. The van der Waals surface area contributed by atoms with E-state index in [-0.39, 0.29) is 5.91 Å². The summed E-state index contributed by atoms with van der Waals surface area (Å²) in [7, 11) is 0. The van der Waals surface area contributed by atoms with Crippen LogP contribution in [0.3, 0.4) is 0 Å². The van der Waals surface area contributed by atoms with Gasteiger partial charge < -0.3 is 9.64 Å². The second-order valence-electron chi connectivity index (χ2n) is 7.36. The summed E-state index contributed by atoms with van der Waals surface area (Å²) in [4.78, 5) is 18.7. The van der Waals surface area contributed by atoms with E-state index >= 15 is 0 Å². The molecule has 1 aromatic carbocycles. The van der Waals surface area contributed by atoms with Crippen molar-refractivity contribution in [3.8, 4) is 5.75 Å². The van der Waals surface area contributed by atoms with Gasteiger partial charge in [-0.2, -0.15) is 0 Å². The third-order valence-corrected chi connectivity index (χ3v) is 5.51. The van der Waals surface area contributed by atoms with Crippen LogP contribution in [0.25, 0.3) is 0 Å². The Balaban J connectivity index is 1.45. The molecule has 0 aromatic heterocycles. The number of carbonyl (C=O) groups is 1. The highest BCUT2D eigenvalue weighted by Crippen LogP contribution is 2.23. The molecule has 2 aliphatic heterocycles. The van der Waals surface area contributed by atoms with Crippen LogP contribution in [0.5, 0.6) is 5.75 Å². The van der Waals surface area contributed by atoms with Gasteiger partial charge in [-0.05, 0) is 24.5 Å². The van der Waals surface area contributed by atoms with Crippen molar-refractivity contribution in [2.45, 2.75) is 26.3 Å². The summed E-state index contributed by atoms with van der Waals surface area (Å²) in [5.74, 6) is 1.82. The Morgan fingerprint density at radius 3 is 2.68 bits per heavy atom. The van der Waals surface area contributed by atoms with Crippen molar-refractivity contribution < 1.29 is 9.53 Å². The van der Waals surface area contributed by atoms with Crippen molar-refractivity contribution in [2.24, 2.45) is 5.92 Å². The molecule has 0 saturated carbocycles. The van der Waals surface area contributed by atoms with E-state index < -0.39 is 0 Å². The van der Waals surface area contributed by atoms with Gasteiger partial charge in [0.15, 0.2) is 0 Å². The fourth-order valence-corrected chi connectivity index (χ4v) is 4.10. The number of amides is 1. The quantitative estimate of drug-likeness (QED) is 0.817. The summed E-state index contributed by atoms with van der Waals surface area (Å²) >= 11 is 0. The van der Waals surface area contributed by atoms with Gasteiger partial charge in [0.2, 0.25) is 5.91 Å². The third kappa shape index (κ3) is 4.95. The van der Waals surface area contributed by atoms with Crippen LogP contribution in [0, 0.1) is 5.92 Å². The molecular weight excluding hydrogens is 314 g/mol. The Morgan fingerprint density at radius 2 is 1.92 bits per heavy atom. The minimum atomic E-state index is 0.209. The lowest BCUT2D eigenvalue weighted by Crippen LogP contribution is -2.43. The fraction of sp³-hybridized carbons (Fsp3) is 0.650. The first kappa shape index (κ1) is 18.2. The Kier molecular flexibility index (Phi) is 6.32. The third-order valence-electron chi connectivity index (χ3n) is 5.51. The van der Waals surface area contributed by atoms with Gasteiger partial charge in [0.05, 0.1) is 0 Å². The molecule has 5 heteroatoms. The minimum Gasteiger partial charge on any atom is -0.492 e. The lowest BCUT2D eigenvalue weighted by Gasteiger charge is -2.30. The van der Waals surface area contributed by atoms with E-state index in [0.29, 0.717) is 12.0 Å². The van der Waals surface area contributed by atoms with Crippen molar-refractivity contribution in [3.05, 3.63) is 30.3 Å². The molecule has 2 atom stereocenters. The SMILES string of the molecule is CC(=O)N1CCCN([C@@H]2CN(CCOc3ccccc3)C[C@H]2C)CC1. The summed E-state index contributed by atoms with van der Waals surface area (Å²) in [6, 6.07) is 10.6. The van der Waals surface area contributed by atoms with E-state index in [1.807, 2.05) is 35.2 Å². The first-order valence-electron chi connectivity index (χ1n) is 9.53. The Morgan fingerprint density at radius 1 is 1.12 bits per heavy atom. The van der Waals surface area contributed by atoms with Crippen LogP contribution in [0.4, 0.5) is 0 Å². The van der Waals surface area contributed by atoms with Crippen LogP contribution < -0.4 is 4.74 Å². The van der Waals surface area contributed by atoms with Crippen molar-refractivity contribution >= 4 is 5.91 Å². The maximum absolute atomic E-state index is 11.6. The molecule has 0 radical (unpaired) electrons. The highest BCUT2D eigenvalue weighted by molar-refractivity contribution is 5.73. The van der Waals surface area contributed by atoms with Crippen LogP contribution in [0.1, 0.15) is 20.3 Å². The molecule has 1 amide bonds. The summed E-state index contributed by atoms with van der Waals surface area (Å²) in [6.45, 7) is 11.9. The van der Waals surface area contributed by atoms with Gasteiger partial charge in [-0.1, -0.05) is 25.1 Å². The van der Waals surface area contributed by atoms with Gasteiger partial charge in [-0.15, -0.1) is 0 Å². The molecule has 3 rings (SSSR count). The Hall–Kier alpha value is -1.59. The maximum atomic E-state index is 11.6. The lowest BCUT2D eigenvalue weighted by molar-refractivity contribution is -0.128. The normalized spacial score (nSPS) is 25.8. The second-order valence-corrected chi connectivity index (χ2v) is 7.36. The number of nitrogens with zero attached hydrogens (tertiary/aromatic N) is 3. The number of hydrogen-bond acceptors (Lipinski definition) is 4. The van der Waals surface area contributed by atoms with Crippen LogP contribution in [-0.4, -0.2) is 79.1 Å². The molecule has 25 heavy (non-hydrogen) atoms. The van der Waals surface area contributed by atoms with E-state index in [1.165, 1.54) is 0 Å². The Labute approximate surface area is 151 Å². The summed E-state index contributed by atoms with van der Waals surface area (Å²) < 4.78 is 5.84. The molecule has 0 N–H and O–H groups in total. The molecule has 0 bridgehead atoms. The smallest absolute Gasteiger partial charge is 0.219 e. The largest absolute Gasteiger partial charge is 0.492 e. The van der Waals surface area contributed by atoms with Crippen molar-refractivity contribution in [3.63, 3.8) is 0 Å². The number of hydrogen-bond donors (Lipinski definition) is 0. The van der Waals surface area contributed by atoms with Gasteiger partial charge in [-0.3, -0.25) is 14.6 Å². The predicted octanol–water partition coefficient (Wildman–Crippen LogP) is 1.94. The zero-order valence-corrected chi connectivity index (χ0v) is 15.6. The molecule has 2 aliphatic rings. The van der Waals surface area contributed by atoms with Crippen LogP contribution in [-0.2, 0) is 4.79 Å². The second kappa shape index (κ2) is 8.68. The van der Waals surface area contributed by atoms with Gasteiger partial charge in [0.1, 0.15) is 12.4 Å². The maximum Gasteiger partial charge on any atom is 0.219 e. The molecular formula is C20H31N3O2. The predicted molar refractivity (Wildman–Crippen MR) is 99.8 cm³/mol. The van der Waals surface area contributed by atoms with Crippen molar-refractivity contribution in [1.82, 2.24) is 14.7 Å². The standard InChI is InChI=1S/C20H31N3O2/c1-17-15-21(13-14-25-19-7-4-3-5-8-19)16-20(17)23-10-6-9-22(11-12-23)18(2)24/h3-5,7-8,17,20H,6,9-16H2,1-2H3/t17-,20-/m1/s1. The summed E-state index contributed by atoms with van der Waals surface area (Å²) in [5.41, 5.74) is 0. The molecule has 138 valence electrons. The highest BCUT2D eigenvalue weighted by atomic mass is 16.5. The van der Waals surface area contributed by atoms with E-state index in [2.05, 4.69) is 16.7 Å². The molecule has 0 unspecified atom stereocenters. The van der Waals surface area contributed by atoms with Crippen LogP contribution >= 0.6 is 0 Å². The number of rotatable bonds is 5. The molecule has 1 aromatic rings. The van der Waals surface area contributed by atoms with Crippen LogP contribution in [0.15, 0.2) is 30.3 Å². The first-order valence-corrected chi connectivity index (χ1v) is 9.53. The number of benzene rings is 1. The number of para-hydroxylation sites is 1. The minimum absolute atomic E-state index is 0.209. The molecule has 2 fully saturated rings. The summed E-state index contributed by atoms with van der Waals surface area (Å²) in [6.07, 6.45) is 1.08. The summed E-state index contributed by atoms with van der Waals surface area (Å²) in [5, 5.41) is 0. The van der Waals surface area contributed by atoms with Crippen molar-refractivity contribution in [1.29, 1.82) is 0 Å². The number of ether oxygens (including phenoxy) is 1. The van der Waals surface area contributed by atoms with Gasteiger partial charge >= 0.3 is 0 Å². The zero-order valence-electron chi connectivity index (χ0n) is 15.6. The molecule has 2 saturated heterocycles. The van der Waals surface area contributed by atoms with Crippen LogP contribution in [0.2, 0.25) is 0 Å². The Bertz CT molecular complexity index is 551. The van der Waals surface area contributed by atoms with E-state index in [4.69, 9.17) is 4.74 Å². The number of carbonyl (C=O) groups excluding carboxylic acids is 1. The monoisotopic (exact) mass is 345 g/mol. The fourth-order valence-electron chi connectivity index (χ4n) is 4.10. The average molecular weight is 345 g/mol. The molecule has 0 spiro atoms. The van der Waals surface area contributed by atoms with Gasteiger partial charge in [0, 0.05) is 58.8 Å². The van der Waals surface area contributed by atoms with E-state index in [1.54, 1.807) is 6.92 Å². The van der Waals surface area contributed by atoms with E-state index in [9.17, 15) is 4.79 Å². The van der Waals surface area contributed by atoms with E-state index in [0.717, 1.165) is 64.6 Å². The van der Waals surface area contributed by atoms with Crippen molar-refractivity contribution in [2.75, 3.05) is 52.4 Å². The molecule has 5 nitrogen and oxygen atoms in total. The molecule has 2 heterocycles. The number of likely N-dealkylation sites (tertiary alicyclic amines) is 1. The van der Waals surface area contributed by atoms with Gasteiger partial charge in [-0.25, -0.2) is 0 Å².